The Balaban J connectivity index is 1.60. The van der Waals surface area contributed by atoms with Crippen LogP contribution >= 0.6 is 0 Å². The largest absolute Gasteiger partial charge is 0.307 e. The van der Waals surface area contributed by atoms with Gasteiger partial charge in [-0.15, -0.1) is 0 Å². The first-order chi connectivity index (χ1) is 18.3. The highest BCUT2D eigenvalue weighted by molar-refractivity contribution is 6.11. The number of pyridine rings is 1. The lowest BCUT2D eigenvalue weighted by atomic mass is 9.97. The van der Waals surface area contributed by atoms with E-state index in [1.807, 2.05) is 42.5 Å². The predicted molar refractivity (Wildman–Crippen MR) is 152 cm³/mol. The molecule has 0 aliphatic rings. The van der Waals surface area contributed by atoms with Gasteiger partial charge in [0.05, 0.1) is 39.6 Å². The smallest absolute Gasteiger partial charge is 0.0991 e. The first-order valence-corrected chi connectivity index (χ1v) is 12.3. The van der Waals surface area contributed by atoms with Crippen LogP contribution in [0.5, 0.6) is 0 Å². The van der Waals surface area contributed by atoms with Crippen LogP contribution in [0.4, 0.5) is 0 Å². The number of aromatic nitrogens is 2. The third-order valence-corrected chi connectivity index (χ3v) is 7.03. The quantitative estimate of drug-likeness (QED) is 0.259. The maximum atomic E-state index is 9.32. The summed E-state index contributed by atoms with van der Waals surface area (Å²) in [5.41, 5.74) is 9.08. The molecule has 5 aromatic carbocycles. The van der Waals surface area contributed by atoms with Gasteiger partial charge in [-0.25, -0.2) is 4.98 Å². The number of rotatable bonds is 3. The van der Waals surface area contributed by atoms with Gasteiger partial charge in [0.15, 0.2) is 0 Å². The summed E-state index contributed by atoms with van der Waals surface area (Å²) in [4.78, 5) is 5.26. The van der Waals surface area contributed by atoms with E-state index >= 15 is 0 Å². The molecular formula is C34H21N3. The average Bonchev–Trinajstić information content (AvgIpc) is 3.31. The van der Waals surface area contributed by atoms with Crippen LogP contribution in [0.2, 0.25) is 0 Å². The Morgan fingerprint density at radius 2 is 1.19 bits per heavy atom. The van der Waals surface area contributed by atoms with Gasteiger partial charge >= 0.3 is 0 Å². The standard InChI is InChI=1S/C34H21N3/c35-22-23-17-19-24(20-18-23)29-21-30(25-9-2-1-3-10-25)36-34-28(29)13-8-16-33(34)37-31-14-6-4-11-26(31)27-12-5-7-15-32(27)37/h1-21H. The second kappa shape index (κ2) is 8.48. The van der Waals surface area contributed by atoms with Gasteiger partial charge in [-0.2, -0.15) is 5.26 Å². The minimum Gasteiger partial charge on any atom is -0.307 e. The molecule has 172 valence electrons. The lowest BCUT2D eigenvalue weighted by molar-refractivity contribution is 1.18. The van der Waals surface area contributed by atoms with Crippen molar-refractivity contribution in [3.8, 4) is 34.1 Å². The number of hydrogen-bond donors (Lipinski definition) is 0. The van der Waals surface area contributed by atoms with Gasteiger partial charge in [0, 0.05) is 21.7 Å². The molecule has 0 spiro atoms. The molecule has 0 atom stereocenters. The summed E-state index contributed by atoms with van der Waals surface area (Å²) in [5, 5.41) is 12.8. The number of benzene rings is 5. The minimum absolute atomic E-state index is 0.649. The van der Waals surface area contributed by atoms with E-state index < -0.39 is 0 Å². The topological polar surface area (TPSA) is 41.6 Å². The van der Waals surface area contributed by atoms with E-state index in [4.69, 9.17) is 4.98 Å². The van der Waals surface area contributed by atoms with Crippen LogP contribution in [0.25, 0.3) is 60.8 Å². The number of para-hydroxylation sites is 3. The average molecular weight is 472 g/mol. The molecule has 7 rings (SSSR count). The maximum Gasteiger partial charge on any atom is 0.0991 e. The SMILES string of the molecule is N#Cc1ccc(-c2cc(-c3ccccc3)nc3c(-n4c5ccccc5c5ccccc54)cccc23)cc1. The third-order valence-electron chi connectivity index (χ3n) is 7.03. The van der Waals surface area contributed by atoms with Crippen LogP contribution < -0.4 is 0 Å². The molecule has 0 bridgehead atoms. The number of fused-ring (bicyclic) bond motifs is 4. The van der Waals surface area contributed by atoms with Crippen molar-refractivity contribution >= 4 is 32.7 Å². The predicted octanol–water partition coefficient (Wildman–Crippen LogP) is 8.54. The molecule has 0 aliphatic heterocycles. The Morgan fingerprint density at radius 1 is 0.568 bits per heavy atom. The maximum absolute atomic E-state index is 9.32. The van der Waals surface area contributed by atoms with Gasteiger partial charge in [-0.05, 0) is 47.5 Å². The van der Waals surface area contributed by atoms with E-state index in [1.54, 1.807) is 0 Å². The van der Waals surface area contributed by atoms with Crippen molar-refractivity contribution in [2.45, 2.75) is 0 Å². The van der Waals surface area contributed by atoms with E-state index in [0.717, 1.165) is 50.0 Å². The summed E-state index contributed by atoms with van der Waals surface area (Å²) >= 11 is 0. The van der Waals surface area contributed by atoms with Crippen molar-refractivity contribution in [2.75, 3.05) is 0 Å². The Kier molecular flexibility index (Phi) is 4.84. The van der Waals surface area contributed by atoms with Gasteiger partial charge in [-0.1, -0.05) is 91.0 Å². The van der Waals surface area contributed by atoms with Gasteiger partial charge in [0.2, 0.25) is 0 Å². The van der Waals surface area contributed by atoms with Crippen molar-refractivity contribution in [1.82, 2.24) is 9.55 Å². The molecule has 0 amide bonds. The minimum atomic E-state index is 0.649. The fourth-order valence-electron chi connectivity index (χ4n) is 5.32. The number of nitrogens with zero attached hydrogens (tertiary/aromatic N) is 3. The van der Waals surface area contributed by atoms with Gasteiger partial charge in [0.25, 0.3) is 0 Å². The summed E-state index contributed by atoms with van der Waals surface area (Å²) in [6.45, 7) is 0. The van der Waals surface area contributed by atoms with Gasteiger partial charge < -0.3 is 4.57 Å². The fourth-order valence-corrected chi connectivity index (χ4v) is 5.32. The van der Waals surface area contributed by atoms with E-state index in [-0.39, 0.29) is 0 Å². The molecule has 2 heterocycles. The molecule has 0 aliphatic carbocycles. The Labute approximate surface area is 214 Å². The van der Waals surface area contributed by atoms with Crippen LogP contribution in [0, 0.1) is 11.3 Å². The highest BCUT2D eigenvalue weighted by Gasteiger charge is 2.17. The van der Waals surface area contributed by atoms with Crippen LogP contribution in [-0.4, -0.2) is 9.55 Å². The normalized spacial score (nSPS) is 11.2. The first-order valence-electron chi connectivity index (χ1n) is 12.3. The van der Waals surface area contributed by atoms with Crippen LogP contribution in [0.1, 0.15) is 5.56 Å². The second-order valence-corrected chi connectivity index (χ2v) is 9.15. The van der Waals surface area contributed by atoms with Crippen molar-refractivity contribution in [3.05, 3.63) is 133 Å². The molecule has 7 aromatic rings. The zero-order valence-corrected chi connectivity index (χ0v) is 20.0. The molecule has 0 fully saturated rings. The Bertz CT molecular complexity index is 1920. The number of hydrogen-bond acceptors (Lipinski definition) is 2. The second-order valence-electron chi connectivity index (χ2n) is 9.15. The highest BCUT2D eigenvalue weighted by atomic mass is 15.0. The summed E-state index contributed by atoms with van der Waals surface area (Å²) < 4.78 is 2.33. The lowest BCUT2D eigenvalue weighted by Crippen LogP contribution is -1.99. The Morgan fingerprint density at radius 3 is 1.86 bits per heavy atom. The molecule has 0 saturated carbocycles. The van der Waals surface area contributed by atoms with Crippen LogP contribution in [-0.2, 0) is 0 Å². The first kappa shape index (κ1) is 21.1. The zero-order chi connectivity index (χ0) is 24.8. The van der Waals surface area contributed by atoms with Crippen molar-refractivity contribution in [1.29, 1.82) is 5.26 Å². The van der Waals surface area contributed by atoms with Gasteiger partial charge in [-0.3, -0.25) is 0 Å². The van der Waals surface area contributed by atoms with Crippen molar-refractivity contribution < 1.29 is 0 Å². The summed E-state index contributed by atoms with van der Waals surface area (Å²) in [6, 6.07) is 46.0. The van der Waals surface area contributed by atoms with E-state index in [1.165, 1.54) is 10.8 Å². The molecule has 0 saturated heterocycles. The summed E-state index contributed by atoms with van der Waals surface area (Å²) in [6.07, 6.45) is 0. The lowest BCUT2D eigenvalue weighted by Gasteiger charge is -2.15. The fraction of sp³-hybridized carbons (Fsp3) is 0. The zero-order valence-electron chi connectivity index (χ0n) is 20.0. The third kappa shape index (κ3) is 3.39. The molecule has 3 nitrogen and oxygen atoms in total. The highest BCUT2D eigenvalue weighted by Crippen LogP contribution is 2.38. The summed E-state index contributed by atoms with van der Waals surface area (Å²) in [7, 11) is 0. The molecule has 0 radical (unpaired) electrons. The van der Waals surface area contributed by atoms with Crippen LogP contribution in [0.15, 0.2) is 127 Å². The van der Waals surface area contributed by atoms with Crippen molar-refractivity contribution in [2.24, 2.45) is 0 Å². The molecule has 0 unspecified atom stereocenters. The van der Waals surface area contributed by atoms with Crippen LogP contribution in [0.3, 0.4) is 0 Å². The number of nitriles is 1. The molecule has 2 aromatic heterocycles. The molecule has 0 N–H and O–H groups in total. The van der Waals surface area contributed by atoms with E-state index in [0.29, 0.717) is 5.56 Å². The monoisotopic (exact) mass is 471 g/mol. The van der Waals surface area contributed by atoms with Gasteiger partial charge in [0.1, 0.15) is 0 Å². The Hall–Kier alpha value is -5.20. The van der Waals surface area contributed by atoms with E-state index in [9.17, 15) is 5.26 Å². The molecule has 37 heavy (non-hydrogen) atoms. The molecule has 3 heteroatoms. The summed E-state index contributed by atoms with van der Waals surface area (Å²) in [5.74, 6) is 0. The van der Waals surface area contributed by atoms with Crippen molar-refractivity contribution in [3.63, 3.8) is 0 Å². The van der Waals surface area contributed by atoms with E-state index in [2.05, 4.69) is 95.6 Å². The molecular weight excluding hydrogens is 450 g/mol.